The highest BCUT2D eigenvalue weighted by atomic mass is 16.5. The van der Waals surface area contributed by atoms with Crippen molar-refractivity contribution in [1.29, 1.82) is 0 Å². The Morgan fingerprint density at radius 1 is 1.04 bits per heavy atom. The number of amides is 1. The van der Waals surface area contributed by atoms with Crippen molar-refractivity contribution in [3.8, 4) is 23.0 Å². The van der Waals surface area contributed by atoms with E-state index in [1.165, 1.54) is 20.4 Å². The van der Waals surface area contributed by atoms with Gasteiger partial charge >= 0.3 is 0 Å². The fraction of sp³-hybridized carbons (Fsp3) is 0.200. The van der Waals surface area contributed by atoms with Gasteiger partial charge in [-0.3, -0.25) is 4.79 Å². The Morgan fingerprint density at radius 3 is 2.33 bits per heavy atom. The lowest BCUT2D eigenvalue weighted by Gasteiger charge is -2.09. The van der Waals surface area contributed by atoms with Crippen LogP contribution in [-0.2, 0) is 0 Å². The predicted octanol–water partition coefficient (Wildman–Crippen LogP) is 3.04. The zero-order chi connectivity index (χ0) is 19.6. The van der Waals surface area contributed by atoms with Gasteiger partial charge in [-0.1, -0.05) is 12.7 Å². The summed E-state index contributed by atoms with van der Waals surface area (Å²) in [6, 6.07) is 10.2. The van der Waals surface area contributed by atoms with Gasteiger partial charge < -0.3 is 18.9 Å². The Morgan fingerprint density at radius 2 is 1.74 bits per heavy atom. The van der Waals surface area contributed by atoms with E-state index in [0.717, 1.165) is 5.56 Å². The van der Waals surface area contributed by atoms with Crippen molar-refractivity contribution in [2.24, 2.45) is 5.10 Å². The van der Waals surface area contributed by atoms with Crippen LogP contribution in [0.5, 0.6) is 23.0 Å². The second kappa shape index (κ2) is 9.86. The lowest BCUT2D eigenvalue weighted by molar-refractivity contribution is 0.0954. The number of rotatable bonds is 9. The highest BCUT2D eigenvalue weighted by Gasteiger charge is 2.09. The summed E-state index contributed by atoms with van der Waals surface area (Å²) in [7, 11) is 4.59. The third kappa shape index (κ3) is 5.50. The fourth-order valence-corrected chi connectivity index (χ4v) is 2.20. The number of benzene rings is 2. The van der Waals surface area contributed by atoms with Crippen molar-refractivity contribution in [3.05, 3.63) is 60.2 Å². The van der Waals surface area contributed by atoms with E-state index in [4.69, 9.17) is 18.9 Å². The van der Waals surface area contributed by atoms with E-state index in [9.17, 15) is 4.79 Å². The van der Waals surface area contributed by atoms with E-state index in [-0.39, 0.29) is 5.91 Å². The van der Waals surface area contributed by atoms with Gasteiger partial charge in [0.2, 0.25) is 0 Å². The van der Waals surface area contributed by atoms with E-state index in [0.29, 0.717) is 35.2 Å². The van der Waals surface area contributed by atoms with Crippen LogP contribution in [0.1, 0.15) is 15.9 Å². The highest BCUT2D eigenvalue weighted by Crippen LogP contribution is 2.27. The van der Waals surface area contributed by atoms with Gasteiger partial charge in [0.15, 0.2) is 11.5 Å². The van der Waals surface area contributed by atoms with Crippen molar-refractivity contribution in [3.63, 3.8) is 0 Å². The molecule has 0 aliphatic rings. The first-order valence-electron chi connectivity index (χ1n) is 8.09. The number of hydrogen-bond acceptors (Lipinski definition) is 6. The summed E-state index contributed by atoms with van der Waals surface area (Å²) in [5, 5.41) is 3.98. The lowest BCUT2D eigenvalue weighted by Crippen LogP contribution is -2.17. The molecule has 7 heteroatoms. The van der Waals surface area contributed by atoms with Crippen LogP contribution in [0, 0.1) is 0 Å². The molecule has 0 heterocycles. The van der Waals surface area contributed by atoms with Crippen molar-refractivity contribution >= 4 is 12.1 Å². The first-order valence-corrected chi connectivity index (χ1v) is 8.09. The minimum absolute atomic E-state index is 0.370. The molecular weight excluding hydrogens is 348 g/mol. The van der Waals surface area contributed by atoms with E-state index >= 15 is 0 Å². The molecule has 1 N–H and O–H groups in total. The fourth-order valence-electron chi connectivity index (χ4n) is 2.20. The second-order valence-electron chi connectivity index (χ2n) is 5.31. The Labute approximate surface area is 158 Å². The number of methoxy groups -OCH3 is 3. The summed E-state index contributed by atoms with van der Waals surface area (Å²) < 4.78 is 21.1. The molecular formula is C20H22N2O5. The molecule has 0 fully saturated rings. The lowest BCUT2D eigenvalue weighted by atomic mass is 10.2. The van der Waals surface area contributed by atoms with E-state index < -0.39 is 0 Å². The van der Waals surface area contributed by atoms with Gasteiger partial charge in [-0.15, -0.1) is 0 Å². The quantitative estimate of drug-likeness (QED) is 0.417. The van der Waals surface area contributed by atoms with Crippen molar-refractivity contribution in [1.82, 2.24) is 5.43 Å². The van der Waals surface area contributed by atoms with Gasteiger partial charge in [-0.25, -0.2) is 5.43 Å². The molecule has 0 saturated heterocycles. The van der Waals surface area contributed by atoms with Gasteiger partial charge in [0.25, 0.3) is 5.91 Å². The van der Waals surface area contributed by atoms with Crippen molar-refractivity contribution < 1.29 is 23.7 Å². The highest BCUT2D eigenvalue weighted by molar-refractivity contribution is 5.95. The normalized spacial score (nSPS) is 10.3. The molecule has 27 heavy (non-hydrogen) atoms. The number of hydrogen-bond donors (Lipinski definition) is 1. The third-order valence-electron chi connectivity index (χ3n) is 3.54. The molecule has 0 spiro atoms. The molecule has 0 unspecified atom stereocenters. The molecule has 2 rings (SSSR count). The smallest absolute Gasteiger partial charge is 0.271 e. The molecule has 1 amide bonds. The van der Waals surface area contributed by atoms with Crippen LogP contribution in [0.15, 0.2) is 54.2 Å². The number of carbonyl (C=O) groups is 1. The molecule has 7 nitrogen and oxygen atoms in total. The maximum atomic E-state index is 12.3. The van der Waals surface area contributed by atoms with Gasteiger partial charge in [-0.05, 0) is 35.9 Å². The van der Waals surface area contributed by atoms with Crippen LogP contribution in [0.4, 0.5) is 0 Å². The summed E-state index contributed by atoms with van der Waals surface area (Å²) >= 11 is 0. The number of carbonyl (C=O) groups excluding carboxylic acids is 1. The van der Waals surface area contributed by atoms with E-state index in [1.54, 1.807) is 49.6 Å². The van der Waals surface area contributed by atoms with Gasteiger partial charge in [-0.2, -0.15) is 5.10 Å². The maximum absolute atomic E-state index is 12.3. The van der Waals surface area contributed by atoms with Crippen molar-refractivity contribution in [2.75, 3.05) is 27.9 Å². The molecule has 0 aliphatic heterocycles. The zero-order valence-corrected chi connectivity index (χ0v) is 15.5. The van der Waals surface area contributed by atoms with Gasteiger partial charge in [0, 0.05) is 11.6 Å². The monoisotopic (exact) mass is 370 g/mol. The van der Waals surface area contributed by atoms with Crippen LogP contribution < -0.4 is 24.4 Å². The maximum Gasteiger partial charge on any atom is 0.271 e. The SMILES string of the molecule is C=CCOc1ccc(/C=N\NC(=O)c2cc(OC)cc(OC)c2)cc1OC. The average Bonchev–Trinajstić information content (AvgIpc) is 2.71. The number of nitrogens with one attached hydrogen (secondary N) is 1. The molecule has 0 saturated carbocycles. The molecule has 0 aromatic heterocycles. The second-order valence-corrected chi connectivity index (χ2v) is 5.31. The zero-order valence-electron chi connectivity index (χ0n) is 15.5. The first kappa shape index (κ1) is 19.8. The summed E-state index contributed by atoms with van der Waals surface area (Å²) in [5.41, 5.74) is 3.58. The summed E-state index contributed by atoms with van der Waals surface area (Å²) in [5.74, 6) is 1.81. The Kier molecular flexibility index (Phi) is 7.25. The minimum atomic E-state index is -0.388. The summed E-state index contributed by atoms with van der Waals surface area (Å²) in [4.78, 5) is 12.3. The van der Waals surface area contributed by atoms with Crippen LogP contribution >= 0.6 is 0 Å². The van der Waals surface area contributed by atoms with Gasteiger partial charge in [0.1, 0.15) is 18.1 Å². The minimum Gasteiger partial charge on any atom is -0.497 e. The van der Waals surface area contributed by atoms with Crippen LogP contribution in [0.2, 0.25) is 0 Å². The average molecular weight is 370 g/mol. The van der Waals surface area contributed by atoms with E-state index in [1.807, 2.05) is 0 Å². The van der Waals surface area contributed by atoms with Gasteiger partial charge in [0.05, 0.1) is 27.5 Å². The van der Waals surface area contributed by atoms with E-state index in [2.05, 4.69) is 17.1 Å². The largest absolute Gasteiger partial charge is 0.497 e. The van der Waals surface area contributed by atoms with Crippen molar-refractivity contribution in [2.45, 2.75) is 0 Å². The number of hydrazone groups is 1. The third-order valence-corrected chi connectivity index (χ3v) is 3.54. The Bertz CT molecular complexity index is 811. The molecule has 142 valence electrons. The summed E-state index contributed by atoms with van der Waals surface area (Å²) in [6.45, 7) is 3.99. The topological polar surface area (TPSA) is 78.4 Å². The van der Waals surface area contributed by atoms with Crippen LogP contribution in [0.25, 0.3) is 0 Å². The molecule has 0 bridgehead atoms. The predicted molar refractivity (Wildman–Crippen MR) is 103 cm³/mol. The number of ether oxygens (including phenoxy) is 4. The Hall–Kier alpha value is -3.48. The summed E-state index contributed by atoms with van der Waals surface area (Å²) in [6.07, 6.45) is 3.16. The Balaban J connectivity index is 2.08. The van der Waals surface area contributed by atoms with Crippen LogP contribution in [0.3, 0.4) is 0 Å². The molecule has 0 aliphatic carbocycles. The van der Waals surface area contributed by atoms with Crippen LogP contribution in [-0.4, -0.2) is 40.1 Å². The molecule has 2 aromatic carbocycles. The molecule has 0 atom stereocenters. The number of nitrogens with zero attached hydrogens (tertiary/aromatic N) is 1. The first-order chi connectivity index (χ1) is 13.1. The molecule has 2 aromatic rings. The standard InChI is InChI=1S/C20H22N2O5/c1-5-8-27-18-7-6-14(9-19(18)26-4)13-21-22-20(23)15-10-16(24-2)12-17(11-15)25-3/h5-7,9-13H,1,8H2,2-4H3,(H,22,23)/b21-13-. The molecule has 0 radical (unpaired) electrons.